The molecule has 2 rings (SSSR count). The first-order valence-corrected chi connectivity index (χ1v) is 10.1. The molecule has 0 aliphatic carbocycles. The largest absolute Gasteiger partial charge is 0.508 e. The maximum Gasteiger partial charge on any atom is 0.306 e. The number of phenols is 1. The van der Waals surface area contributed by atoms with Crippen molar-refractivity contribution in [1.82, 2.24) is 4.98 Å². The van der Waals surface area contributed by atoms with Crippen molar-refractivity contribution in [3.8, 4) is 17.2 Å². The van der Waals surface area contributed by atoms with E-state index in [0.29, 0.717) is 18.1 Å². The Kier molecular flexibility index (Phi) is 13.9. The molecule has 4 N–H and O–H groups in total. The lowest BCUT2D eigenvalue weighted by Gasteiger charge is -2.14. The molecule has 1 aromatic carbocycles. The number of carbonyl (C=O) groups is 2. The summed E-state index contributed by atoms with van der Waals surface area (Å²) < 4.78 is 9.90. The Labute approximate surface area is 184 Å². The highest BCUT2D eigenvalue weighted by Gasteiger charge is 2.12. The number of phenolic OH excluding ortho intramolecular Hbond substituents is 1. The molecule has 1 amide bonds. The van der Waals surface area contributed by atoms with Gasteiger partial charge in [-0.1, -0.05) is 39.0 Å². The van der Waals surface area contributed by atoms with Gasteiger partial charge in [-0.25, -0.2) is 4.98 Å². The van der Waals surface area contributed by atoms with Crippen molar-refractivity contribution in [2.24, 2.45) is 11.7 Å². The third-order valence-corrected chi connectivity index (χ3v) is 3.69. The fourth-order valence-corrected chi connectivity index (χ4v) is 2.41. The van der Waals surface area contributed by atoms with Crippen LogP contribution in [0.5, 0.6) is 17.2 Å². The highest BCUT2D eigenvalue weighted by molar-refractivity contribution is 5.94. The van der Waals surface area contributed by atoms with Gasteiger partial charge in [0.05, 0.1) is 13.2 Å². The van der Waals surface area contributed by atoms with Gasteiger partial charge in [-0.2, -0.15) is 0 Å². The van der Waals surface area contributed by atoms with Gasteiger partial charge >= 0.3 is 5.97 Å². The summed E-state index contributed by atoms with van der Waals surface area (Å²) in [5.74, 6) is -0.0831. The molecule has 0 aliphatic heterocycles. The first-order chi connectivity index (χ1) is 14.6. The molecule has 0 spiro atoms. The molecule has 1 unspecified atom stereocenters. The molecule has 8 heteroatoms. The average molecular weight is 435 g/mol. The Hall–Kier alpha value is -3.29. The third kappa shape index (κ3) is 12.8. The molecular formula is C23H34N2O6. The zero-order valence-electron chi connectivity index (χ0n) is 18.9. The van der Waals surface area contributed by atoms with Gasteiger partial charge < -0.3 is 25.4 Å². The number of hydrogen-bond acceptors (Lipinski definition) is 7. The Morgan fingerprint density at radius 3 is 2.13 bits per heavy atom. The van der Waals surface area contributed by atoms with Crippen LogP contribution in [0.4, 0.5) is 0 Å². The van der Waals surface area contributed by atoms with Crippen molar-refractivity contribution >= 4 is 11.9 Å². The molecule has 172 valence electrons. The van der Waals surface area contributed by atoms with E-state index in [1.807, 2.05) is 19.9 Å². The highest BCUT2D eigenvalue weighted by Crippen LogP contribution is 2.26. The van der Waals surface area contributed by atoms with Crippen LogP contribution in [-0.4, -0.2) is 40.3 Å². The molecule has 0 radical (unpaired) electrons. The number of esters is 1. The smallest absolute Gasteiger partial charge is 0.306 e. The number of ether oxygens (including phenoxy) is 2. The minimum atomic E-state index is -0.786. The summed E-state index contributed by atoms with van der Waals surface area (Å²) in [5.41, 5.74) is 4.74. The predicted molar refractivity (Wildman–Crippen MR) is 119 cm³/mol. The van der Waals surface area contributed by atoms with Crippen LogP contribution in [0.25, 0.3) is 0 Å². The Morgan fingerprint density at radius 2 is 1.71 bits per heavy atom. The lowest BCUT2D eigenvalue weighted by atomic mass is 10.1. The topological polar surface area (TPSA) is 132 Å². The summed E-state index contributed by atoms with van der Waals surface area (Å²) in [7, 11) is 1.37. The number of carbonyl (C=O) groups excluding carboxylic acids is 2. The van der Waals surface area contributed by atoms with Crippen molar-refractivity contribution in [2.45, 2.75) is 53.1 Å². The molecule has 0 saturated carbocycles. The van der Waals surface area contributed by atoms with E-state index >= 15 is 0 Å². The zero-order valence-corrected chi connectivity index (χ0v) is 18.9. The van der Waals surface area contributed by atoms with Crippen molar-refractivity contribution < 1.29 is 29.3 Å². The Bertz CT molecular complexity index is 781. The summed E-state index contributed by atoms with van der Waals surface area (Å²) in [5, 5.41) is 17.9. The number of benzene rings is 1. The van der Waals surface area contributed by atoms with Crippen LogP contribution in [0.2, 0.25) is 0 Å². The second-order valence-electron chi connectivity index (χ2n) is 7.09. The number of para-hydroxylation sites is 1. The molecule has 0 saturated heterocycles. The Balaban J connectivity index is 0.000000451. The Morgan fingerprint density at radius 1 is 1.10 bits per heavy atom. The van der Waals surface area contributed by atoms with Gasteiger partial charge in [-0.15, -0.1) is 0 Å². The zero-order chi connectivity index (χ0) is 23.8. The quantitative estimate of drug-likeness (QED) is 0.560. The van der Waals surface area contributed by atoms with Crippen LogP contribution in [0.15, 0.2) is 42.6 Å². The molecule has 0 fully saturated rings. The fourth-order valence-electron chi connectivity index (χ4n) is 2.41. The summed E-state index contributed by atoms with van der Waals surface area (Å²) in [4.78, 5) is 25.2. The van der Waals surface area contributed by atoms with Crippen LogP contribution in [0, 0.1) is 5.92 Å². The van der Waals surface area contributed by atoms with E-state index in [2.05, 4.69) is 18.8 Å². The first-order valence-electron chi connectivity index (χ1n) is 10.1. The number of hydrogen-bond donors (Lipinski definition) is 3. The van der Waals surface area contributed by atoms with Gasteiger partial charge in [-0.3, -0.25) is 9.59 Å². The van der Waals surface area contributed by atoms with Gasteiger partial charge in [0.15, 0.2) is 17.2 Å². The molecule has 1 aromatic heterocycles. The van der Waals surface area contributed by atoms with E-state index in [-0.39, 0.29) is 29.3 Å². The standard InChI is InChI=1S/C10H20O2.C7H8N2O3.C6H6O/c1-5-6-10(11)12-9(4)7-8(2)3;1-12-4-2-3-9-5(6(4)10)7(8)11;7-6-4-2-1-3-5-6/h8-9H,5-7H2,1-4H3;2-3,10H,1H3,(H2,8,11);1-5,7H. The third-order valence-electron chi connectivity index (χ3n) is 3.69. The van der Waals surface area contributed by atoms with Crippen LogP contribution in [0.1, 0.15) is 57.4 Å². The number of methoxy groups -OCH3 is 1. The lowest BCUT2D eigenvalue weighted by molar-refractivity contribution is -0.148. The van der Waals surface area contributed by atoms with Crippen molar-refractivity contribution in [1.29, 1.82) is 0 Å². The van der Waals surface area contributed by atoms with E-state index in [9.17, 15) is 14.7 Å². The lowest BCUT2D eigenvalue weighted by Crippen LogP contribution is -2.16. The average Bonchev–Trinajstić information content (AvgIpc) is 2.69. The number of nitrogens with zero attached hydrogens (tertiary/aromatic N) is 1. The number of pyridine rings is 1. The van der Waals surface area contributed by atoms with Gasteiger partial charge in [0.25, 0.3) is 5.91 Å². The molecule has 0 bridgehead atoms. The summed E-state index contributed by atoms with van der Waals surface area (Å²) in [6.07, 6.45) is 3.77. The normalized spacial score (nSPS) is 10.6. The van der Waals surface area contributed by atoms with E-state index in [1.165, 1.54) is 19.4 Å². The van der Waals surface area contributed by atoms with Crippen LogP contribution < -0.4 is 10.5 Å². The van der Waals surface area contributed by atoms with Crippen molar-refractivity contribution in [2.75, 3.05) is 7.11 Å². The van der Waals surface area contributed by atoms with Gasteiger partial charge in [0, 0.05) is 18.7 Å². The molecular weight excluding hydrogens is 400 g/mol. The second kappa shape index (κ2) is 15.5. The monoisotopic (exact) mass is 434 g/mol. The van der Waals surface area contributed by atoms with E-state index in [0.717, 1.165) is 12.8 Å². The van der Waals surface area contributed by atoms with E-state index in [4.69, 9.17) is 20.3 Å². The van der Waals surface area contributed by atoms with E-state index < -0.39 is 5.91 Å². The number of aromatic nitrogens is 1. The number of nitrogens with two attached hydrogens (primary N) is 1. The minimum absolute atomic E-state index is 0.0642. The number of rotatable bonds is 7. The molecule has 1 heterocycles. The maximum atomic E-state index is 11.0. The maximum absolute atomic E-state index is 11.0. The number of amides is 1. The first kappa shape index (κ1) is 27.7. The molecule has 31 heavy (non-hydrogen) atoms. The molecule has 8 nitrogen and oxygen atoms in total. The number of aromatic hydroxyl groups is 2. The van der Waals surface area contributed by atoms with Gasteiger partial charge in [-0.05, 0) is 37.8 Å². The fraction of sp³-hybridized carbons (Fsp3) is 0.435. The molecule has 0 aliphatic rings. The summed E-state index contributed by atoms with van der Waals surface area (Å²) in [6, 6.07) is 10.1. The number of primary amides is 1. The molecule has 2 aromatic rings. The van der Waals surface area contributed by atoms with Crippen LogP contribution in [-0.2, 0) is 9.53 Å². The minimum Gasteiger partial charge on any atom is -0.508 e. The molecule has 1 atom stereocenters. The highest BCUT2D eigenvalue weighted by atomic mass is 16.5. The van der Waals surface area contributed by atoms with Crippen molar-refractivity contribution in [3.63, 3.8) is 0 Å². The van der Waals surface area contributed by atoms with Crippen molar-refractivity contribution in [3.05, 3.63) is 48.3 Å². The SMILES string of the molecule is CCCC(=O)OC(C)CC(C)C.COc1ccnc(C(N)=O)c1O.Oc1ccccc1. The van der Waals surface area contributed by atoms with Crippen LogP contribution >= 0.6 is 0 Å². The predicted octanol–water partition coefficient (Wildman–Crippen LogP) is 4.05. The van der Waals surface area contributed by atoms with Gasteiger partial charge in [0.2, 0.25) is 0 Å². The summed E-state index contributed by atoms with van der Waals surface area (Å²) in [6.45, 7) is 8.19. The second-order valence-corrected chi connectivity index (χ2v) is 7.09. The summed E-state index contributed by atoms with van der Waals surface area (Å²) >= 11 is 0. The van der Waals surface area contributed by atoms with Gasteiger partial charge in [0.1, 0.15) is 5.75 Å². The van der Waals surface area contributed by atoms with Crippen LogP contribution in [0.3, 0.4) is 0 Å². The van der Waals surface area contributed by atoms with E-state index in [1.54, 1.807) is 24.3 Å².